The zero-order chi connectivity index (χ0) is 12.3. The predicted octanol–water partition coefficient (Wildman–Crippen LogP) is 0.709. The van der Waals surface area contributed by atoms with E-state index >= 15 is 0 Å². The number of carbonyl (C=O) groups excluding carboxylic acids is 1. The van der Waals surface area contributed by atoms with Crippen molar-refractivity contribution in [2.24, 2.45) is 17.6 Å². The fourth-order valence-electron chi connectivity index (χ4n) is 2.53. The molecule has 1 aliphatic rings. The Morgan fingerprint density at radius 1 is 1.65 bits per heavy atom. The highest BCUT2D eigenvalue weighted by Crippen LogP contribution is 2.30. The van der Waals surface area contributed by atoms with Crippen LogP contribution in [0.15, 0.2) is 6.20 Å². The number of aryl methyl sites for hydroxylation is 1. The molecule has 17 heavy (non-hydrogen) atoms. The van der Waals surface area contributed by atoms with E-state index in [1.54, 1.807) is 6.20 Å². The maximum Gasteiger partial charge on any atom is 0.223 e. The van der Waals surface area contributed by atoms with Crippen molar-refractivity contribution in [2.75, 3.05) is 6.54 Å². The van der Waals surface area contributed by atoms with Crippen molar-refractivity contribution in [3.05, 3.63) is 17.5 Å². The number of nitrogens with two attached hydrogens (primary N) is 1. The third kappa shape index (κ3) is 2.66. The average molecular weight is 236 g/mol. The largest absolute Gasteiger partial charge is 0.352 e. The Kier molecular flexibility index (Phi) is 3.78. The molecule has 0 spiro atoms. The zero-order valence-electron chi connectivity index (χ0n) is 10.2. The lowest BCUT2D eigenvalue weighted by atomic mass is 9.95. The van der Waals surface area contributed by atoms with E-state index < -0.39 is 0 Å². The second-order valence-electron chi connectivity index (χ2n) is 4.77. The molecule has 5 nitrogen and oxygen atoms in total. The van der Waals surface area contributed by atoms with Crippen LogP contribution in [0.5, 0.6) is 0 Å². The van der Waals surface area contributed by atoms with Crippen LogP contribution in [-0.2, 0) is 11.3 Å². The Bertz CT molecular complexity index is 388. The summed E-state index contributed by atoms with van der Waals surface area (Å²) in [5.41, 5.74) is 7.73. The van der Waals surface area contributed by atoms with E-state index in [9.17, 15) is 4.79 Å². The third-order valence-electron chi connectivity index (χ3n) is 3.69. The number of rotatable bonds is 4. The molecule has 2 unspecified atom stereocenters. The normalized spacial score (nSPS) is 23.9. The number of aromatic amines is 1. The zero-order valence-corrected chi connectivity index (χ0v) is 10.2. The molecule has 2 atom stereocenters. The van der Waals surface area contributed by atoms with Crippen LogP contribution in [-0.4, -0.2) is 22.6 Å². The molecule has 1 aromatic rings. The molecule has 2 rings (SSSR count). The molecule has 0 aliphatic heterocycles. The molecule has 1 aromatic heterocycles. The minimum Gasteiger partial charge on any atom is -0.352 e. The first-order valence-corrected chi connectivity index (χ1v) is 6.19. The summed E-state index contributed by atoms with van der Waals surface area (Å²) in [7, 11) is 0. The van der Waals surface area contributed by atoms with Crippen molar-refractivity contribution in [1.82, 2.24) is 15.5 Å². The fraction of sp³-hybridized carbons (Fsp3) is 0.667. The van der Waals surface area contributed by atoms with E-state index in [-0.39, 0.29) is 11.8 Å². The number of H-pyrrole nitrogens is 1. The smallest absolute Gasteiger partial charge is 0.223 e. The third-order valence-corrected chi connectivity index (χ3v) is 3.69. The first kappa shape index (κ1) is 12.1. The molecule has 5 heteroatoms. The van der Waals surface area contributed by atoms with Crippen molar-refractivity contribution in [1.29, 1.82) is 0 Å². The van der Waals surface area contributed by atoms with Gasteiger partial charge >= 0.3 is 0 Å². The van der Waals surface area contributed by atoms with Crippen LogP contribution >= 0.6 is 0 Å². The van der Waals surface area contributed by atoms with Crippen LogP contribution in [0.3, 0.4) is 0 Å². The van der Waals surface area contributed by atoms with Crippen LogP contribution in [0.25, 0.3) is 0 Å². The van der Waals surface area contributed by atoms with Crippen LogP contribution in [0, 0.1) is 18.8 Å². The van der Waals surface area contributed by atoms with Gasteiger partial charge in [-0.05, 0) is 32.2 Å². The number of nitrogens with one attached hydrogen (secondary N) is 2. The number of aromatic nitrogens is 2. The van der Waals surface area contributed by atoms with Crippen molar-refractivity contribution in [3.8, 4) is 0 Å². The van der Waals surface area contributed by atoms with Gasteiger partial charge in [0.05, 0.1) is 6.20 Å². The number of hydrogen-bond donors (Lipinski definition) is 3. The number of amides is 1. The summed E-state index contributed by atoms with van der Waals surface area (Å²) in [6.45, 7) is 3.12. The van der Waals surface area contributed by atoms with E-state index in [2.05, 4.69) is 15.5 Å². The van der Waals surface area contributed by atoms with Crippen molar-refractivity contribution in [3.63, 3.8) is 0 Å². The van der Waals surface area contributed by atoms with Gasteiger partial charge in [-0.3, -0.25) is 9.89 Å². The van der Waals surface area contributed by atoms with Crippen molar-refractivity contribution in [2.45, 2.75) is 32.7 Å². The summed E-state index contributed by atoms with van der Waals surface area (Å²) in [6, 6.07) is 0. The standard InChI is InChI=1S/C12H20N4O/c1-8-10(7-15-16-8)6-14-12(17)11-4-2-3-9(11)5-13/h7,9,11H,2-6,13H2,1H3,(H,14,17)(H,15,16). The first-order valence-electron chi connectivity index (χ1n) is 6.19. The van der Waals surface area contributed by atoms with Crippen molar-refractivity contribution >= 4 is 5.91 Å². The van der Waals surface area contributed by atoms with Gasteiger partial charge in [0.15, 0.2) is 0 Å². The Morgan fingerprint density at radius 2 is 2.47 bits per heavy atom. The summed E-state index contributed by atoms with van der Waals surface area (Å²) in [5.74, 6) is 0.603. The number of carbonyl (C=O) groups is 1. The topological polar surface area (TPSA) is 83.8 Å². The molecule has 1 aliphatic carbocycles. The molecule has 0 radical (unpaired) electrons. The molecular formula is C12H20N4O. The Labute approximate surface area is 101 Å². The van der Waals surface area contributed by atoms with E-state index in [1.807, 2.05) is 6.92 Å². The quantitative estimate of drug-likeness (QED) is 0.720. The number of nitrogens with zero attached hydrogens (tertiary/aromatic N) is 1. The van der Waals surface area contributed by atoms with E-state index in [1.165, 1.54) is 0 Å². The van der Waals surface area contributed by atoms with Gasteiger partial charge in [0.1, 0.15) is 0 Å². The van der Waals surface area contributed by atoms with Crippen molar-refractivity contribution < 1.29 is 4.79 Å². The highest BCUT2D eigenvalue weighted by Gasteiger charge is 2.31. The van der Waals surface area contributed by atoms with Crippen LogP contribution in [0.4, 0.5) is 0 Å². The van der Waals surface area contributed by atoms with Gasteiger partial charge in [-0.25, -0.2) is 0 Å². The van der Waals surface area contributed by atoms with Gasteiger partial charge in [0.25, 0.3) is 0 Å². The summed E-state index contributed by atoms with van der Waals surface area (Å²) in [4.78, 5) is 12.0. The second-order valence-corrected chi connectivity index (χ2v) is 4.77. The minimum atomic E-state index is 0.104. The summed E-state index contributed by atoms with van der Waals surface area (Å²) in [6.07, 6.45) is 4.92. The van der Waals surface area contributed by atoms with Gasteiger partial charge in [0, 0.05) is 23.7 Å². The summed E-state index contributed by atoms with van der Waals surface area (Å²) >= 11 is 0. The maximum absolute atomic E-state index is 12.0. The molecule has 1 amide bonds. The van der Waals surface area contributed by atoms with Gasteiger partial charge in [-0.1, -0.05) is 6.42 Å². The van der Waals surface area contributed by atoms with Gasteiger partial charge < -0.3 is 11.1 Å². The molecule has 1 heterocycles. The molecule has 0 aromatic carbocycles. The summed E-state index contributed by atoms with van der Waals surface area (Å²) in [5, 5.41) is 9.77. The molecule has 0 bridgehead atoms. The van der Waals surface area contributed by atoms with Gasteiger partial charge in [-0.2, -0.15) is 5.10 Å². The lowest BCUT2D eigenvalue weighted by molar-refractivity contribution is -0.126. The molecule has 1 fully saturated rings. The fourth-order valence-corrected chi connectivity index (χ4v) is 2.53. The summed E-state index contributed by atoms with van der Waals surface area (Å²) < 4.78 is 0. The van der Waals surface area contributed by atoms with Crippen LogP contribution in [0.2, 0.25) is 0 Å². The second kappa shape index (κ2) is 5.31. The number of hydrogen-bond acceptors (Lipinski definition) is 3. The highest BCUT2D eigenvalue weighted by molar-refractivity contribution is 5.79. The molecule has 94 valence electrons. The molecular weight excluding hydrogens is 216 g/mol. The molecule has 0 saturated heterocycles. The Hall–Kier alpha value is -1.36. The van der Waals surface area contributed by atoms with E-state index in [0.29, 0.717) is 19.0 Å². The lowest BCUT2D eigenvalue weighted by Gasteiger charge is -2.17. The molecule has 1 saturated carbocycles. The maximum atomic E-state index is 12.0. The van der Waals surface area contributed by atoms with Gasteiger partial charge in [0.2, 0.25) is 5.91 Å². The van der Waals surface area contributed by atoms with Crippen LogP contribution < -0.4 is 11.1 Å². The Balaban J connectivity index is 1.87. The van der Waals surface area contributed by atoms with E-state index in [4.69, 9.17) is 5.73 Å². The van der Waals surface area contributed by atoms with E-state index in [0.717, 1.165) is 30.5 Å². The minimum absolute atomic E-state index is 0.104. The predicted molar refractivity (Wildman–Crippen MR) is 65.1 cm³/mol. The SMILES string of the molecule is Cc1[nH]ncc1CNC(=O)C1CCCC1CN. The monoisotopic (exact) mass is 236 g/mol. The molecule has 4 N–H and O–H groups in total. The Morgan fingerprint density at radius 3 is 3.12 bits per heavy atom. The lowest BCUT2D eigenvalue weighted by Crippen LogP contribution is -2.34. The van der Waals surface area contributed by atoms with Gasteiger partial charge in [-0.15, -0.1) is 0 Å². The van der Waals surface area contributed by atoms with Crippen LogP contribution in [0.1, 0.15) is 30.5 Å². The first-order chi connectivity index (χ1) is 8.22. The highest BCUT2D eigenvalue weighted by atomic mass is 16.1. The average Bonchev–Trinajstić information content (AvgIpc) is 2.94.